The molecule has 0 fully saturated rings. The summed E-state index contributed by atoms with van der Waals surface area (Å²) in [6, 6.07) is 12.4. The smallest absolute Gasteiger partial charge is 0.191 e. The van der Waals surface area contributed by atoms with Gasteiger partial charge in [-0.05, 0) is 54.7 Å². The van der Waals surface area contributed by atoms with Crippen LogP contribution >= 0.6 is 24.0 Å². The fourth-order valence-corrected chi connectivity index (χ4v) is 2.82. The van der Waals surface area contributed by atoms with Crippen molar-refractivity contribution in [3.05, 3.63) is 53.7 Å². The monoisotopic (exact) mass is 511 g/mol. The van der Waals surface area contributed by atoms with Gasteiger partial charge in [-0.1, -0.05) is 19.1 Å². The number of aromatic nitrogens is 1. The number of nitrogens with one attached hydrogen (secondary N) is 2. The zero-order chi connectivity index (χ0) is 20.4. The van der Waals surface area contributed by atoms with Crippen molar-refractivity contribution in [2.24, 2.45) is 4.99 Å². The van der Waals surface area contributed by atoms with Gasteiger partial charge in [-0.2, -0.15) is 0 Å². The van der Waals surface area contributed by atoms with Gasteiger partial charge in [0.25, 0.3) is 0 Å². The molecule has 1 heterocycles. The molecule has 0 amide bonds. The number of hydrogen-bond acceptors (Lipinski definition) is 4. The van der Waals surface area contributed by atoms with E-state index < -0.39 is 0 Å². The van der Waals surface area contributed by atoms with E-state index in [0.29, 0.717) is 12.5 Å². The van der Waals surface area contributed by atoms with Gasteiger partial charge >= 0.3 is 0 Å². The molecule has 0 spiro atoms. The molecule has 0 aliphatic heterocycles. The van der Waals surface area contributed by atoms with Crippen LogP contribution in [0.4, 0.5) is 5.82 Å². The van der Waals surface area contributed by atoms with Crippen molar-refractivity contribution in [1.82, 2.24) is 15.6 Å². The molecule has 29 heavy (non-hydrogen) atoms. The van der Waals surface area contributed by atoms with Crippen molar-refractivity contribution in [3.63, 3.8) is 0 Å². The number of hydrogen-bond donors (Lipinski definition) is 2. The number of ether oxygens (including phenoxy) is 1. The van der Waals surface area contributed by atoms with Crippen molar-refractivity contribution >= 4 is 35.8 Å². The van der Waals surface area contributed by atoms with Crippen LogP contribution in [-0.2, 0) is 6.54 Å². The van der Waals surface area contributed by atoms with Gasteiger partial charge in [-0.3, -0.25) is 0 Å². The van der Waals surface area contributed by atoms with Crippen LogP contribution in [-0.4, -0.2) is 45.2 Å². The highest BCUT2D eigenvalue weighted by Gasteiger charge is 2.07. The Balaban J connectivity index is 0.00000420. The molecule has 2 rings (SSSR count). The number of methoxy groups -OCH3 is 1. The highest BCUT2D eigenvalue weighted by Crippen LogP contribution is 2.21. The van der Waals surface area contributed by atoms with E-state index in [2.05, 4.69) is 47.7 Å². The van der Waals surface area contributed by atoms with E-state index in [1.807, 2.05) is 43.4 Å². The Morgan fingerprint density at radius 2 is 1.90 bits per heavy atom. The summed E-state index contributed by atoms with van der Waals surface area (Å²) in [5.41, 5.74) is 2.46. The molecule has 160 valence electrons. The van der Waals surface area contributed by atoms with Crippen LogP contribution in [0.1, 0.15) is 37.3 Å². The second kappa shape index (κ2) is 13.2. The molecule has 1 atom stereocenters. The first-order valence-electron chi connectivity index (χ1n) is 9.81. The van der Waals surface area contributed by atoms with Crippen LogP contribution in [0.5, 0.6) is 5.75 Å². The summed E-state index contributed by atoms with van der Waals surface area (Å²) in [6.45, 7) is 6.63. The maximum Gasteiger partial charge on any atom is 0.191 e. The van der Waals surface area contributed by atoms with Crippen LogP contribution in [0.25, 0.3) is 0 Å². The maximum atomic E-state index is 5.23. The molecule has 7 heteroatoms. The predicted octanol–water partition coefficient (Wildman–Crippen LogP) is 4.02. The SMILES string of the molecule is CCNC(=NCc1ccnc(N(C)C)c1)NCCC(C)c1ccc(OC)cc1.I. The van der Waals surface area contributed by atoms with Crippen molar-refractivity contribution in [2.75, 3.05) is 39.2 Å². The van der Waals surface area contributed by atoms with Gasteiger partial charge in [0, 0.05) is 33.4 Å². The average Bonchev–Trinajstić information content (AvgIpc) is 2.72. The molecular formula is C22H34IN5O. The number of aliphatic imine (C=N–C) groups is 1. The summed E-state index contributed by atoms with van der Waals surface area (Å²) in [5, 5.41) is 6.75. The molecule has 0 bridgehead atoms. The summed E-state index contributed by atoms with van der Waals surface area (Å²) >= 11 is 0. The van der Waals surface area contributed by atoms with Gasteiger partial charge < -0.3 is 20.3 Å². The molecule has 2 aromatic rings. The molecule has 1 aromatic carbocycles. The van der Waals surface area contributed by atoms with Gasteiger partial charge in [0.05, 0.1) is 13.7 Å². The molecule has 0 saturated carbocycles. The van der Waals surface area contributed by atoms with Crippen LogP contribution in [0, 0.1) is 0 Å². The lowest BCUT2D eigenvalue weighted by Gasteiger charge is -2.16. The minimum Gasteiger partial charge on any atom is -0.497 e. The zero-order valence-electron chi connectivity index (χ0n) is 18.1. The quantitative estimate of drug-likeness (QED) is 0.303. The molecule has 0 aliphatic rings. The van der Waals surface area contributed by atoms with Gasteiger partial charge in [-0.15, -0.1) is 24.0 Å². The van der Waals surface area contributed by atoms with E-state index >= 15 is 0 Å². The lowest BCUT2D eigenvalue weighted by Crippen LogP contribution is -2.38. The van der Waals surface area contributed by atoms with Gasteiger partial charge in [0.15, 0.2) is 5.96 Å². The number of benzene rings is 1. The number of halogens is 1. The van der Waals surface area contributed by atoms with Gasteiger partial charge in [-0.25, -0.2) is 9.98 Å². The predicted molar refractivity (Wildman–Crippen MR) is 133 cm³/mol. The highest BCUT2D eigenvalue weighted by molar-refractivity contribution is 14.0. The standard InChI is InChI=1S/C22H33N5O.HI/c1-6-23-22(26-16-18-12-14-24-21(15-18)27(3)4)25-13-11-17(2)19-7-9-20(28-5)10-8-19;/h7-10,12,14-15,17H,6,11,13,16H2,1-5H3,(H2,23,25,26);1H. The zero-order valence-corrected chi connectivity index (χ0v) is 20.4. The van der Waals surface area contributed by atoms with Crippen molar-refractivity contribution in [1.29, 1.82) is 0 Å². The Morgan fingerprint density at radius 1 is 1.17 bits per heavy atom. The van der Waals surface area contributed by atoms with Crippen LogP contribution in [0.2, 0.25) is 0 Å². The molecule has 1 aromatic heterocycles. The lowest BCUT2D eigenvalue weighted by molar-refractivity contribution is 0.414. The van der Waals surface area contributed by atoms with Crippen molar-refractivity contribution < 1.29 is 4.74 Å². The molecule has 0 aliphatic carbocycles. The van der Waals surface area contributed by atoms with Gasteiger partial charge in [0.1, 0.15) is 11.6 Å². The molecular weight excluding hydrogens is 477 g/mol. The normalized spacial score (nSPS) is 12.0. The summed E-state index contributed by atoms with van der Waals surface area (Å²) in [5.74, 6) is 3.14. The Labute approximate surface area is 192 Å². The number of rotatable bonds is 9. The maximum absolute atomic E-state index is 5.23. The third-order valence-corrected chi connectivity index (χ3v) is 4.59. The lowest BCUT2D eigenvalue weighted by atomic mass is 9.98. The first kappa shape index (κ1) is 25.0. The van der Waals surface area contributed by atoms with E-state index in [1.165, 1.54) is 5.56 Å². The second-order valence-electron chi connectivity index (χ2n) is 7.00. The fraction of sp³-hybridized carbons (Fsp3) is 0.455. The minimum absolute atomic E-state index is 0. The molecule has 2 N–H and O–H groups in total. The average molecular weight is 511 g/mol. The van der Waals surface area contributed by atoms with Crippen LogP contribution in [0.3, 0.4) is 0 Å². The Hall–Kier alpha value is -2.03. The van der Waals surface area contributed by atoms with Crippen LogP contribution in [0.15, 0.2) is 47.6 Å². The summed E-state index contributed by atoms with van der Waals surface area (Å²) in [6.07, 6.45) is 2.86. The minimum atomic E-state index is 0. The Bertz CT molecular complexity index is 749. The largest absolute Gasteiger partial charge is 0.497 e. The molecule has 0 radical (unpaired) electrons. The number of pyridine rings is 1. The Kier molecular flexibility index (Phi) is 11.4. The number of guanidine groups is 1. The first-order valence-corrected chi connectivity index (χ1v) is 9.81. The third-order valence-electron chi connectivity index (χ3n) is 4.59. The van der Waals surface area contributed by atoms with Crippen molar-refractivity contribution in [3.8, 4) is 5.75 Å². The highest BCUT2D eigenvalue weighted by atomic mass is 127. The second-order valence-corrected chi connectivity index (χ2v) is 7.00. The third kappa shape index (κ3) is 8.47. The first-order chi connectivity index (χ1) is 13.5. The van der Waals surface area contributed by atoms with Gasteiger partial charge in [0.2, 0.25) is 0 Å². The summed E-state index contributed by atoms with van der Waals surface area (Å²) in [7, 11) is 5.67. The number of anilines is 1. The topological polar surface area (TPSA) is 61.8 Å². The van der Waals surface area contributed by atoms with Crippen LogP contribution < -0.4 is 20.3 Å². The molecule has 1 unspecified atom stereocenters. The summed E-state index contributed by atoms with van der Waals surface area (Å²) < 4.78 is 5.23. The molecule has 6 nitrogen and oxygen atoms in total. The van der Waals surface area contributed by atoms with E-state index in [-0.39, 0.29) is 24.0 Å². The van der Waals surface area contributed by atoms with E-state index in [1.54, 1.807) is 7.11 Å². The van der Waals surface area contributed by atoms with E-state index in [0.717, 1.165) is 42.6 Å². The summed E-state index contributed by atoms with van der Waals surface area (Å²) in [4.78, 5) is 11.1. The fourth-order valence-electron chi connectivity index (χ4n) is 2.82. The van der Waals surface area contributed by atoms with Crippen molar-refractivity contribution in [2.45, 2.75) is 32.7 Å². The molecule has 0 saturated heterocycles. The Morgan fingerprint density at radius 3 is 2.52 bits per heavy atom. The van der Waals surface area contributed by atoms with E-state index in [4.69, 9.17) is 9.73 Å². The number of nitrogens with zero attached hydrogens (tertiary/aromatic N) is 3. The van der Waals surface area contributed by atoms with E-state index in [9.17, 15) is 0 Å².